The van der Waals surface area contributed by atoms with E-state index in [1.54, 1.807) is 0 Å². The third-order valence-electron chi connectivity index (χ3n) is 7.52. The monoisotopic (exact) mass is 740 g/mol. The molecule has 0 saturated carbocycles. The Kier molecular flexibility index (Phi) is 24.6. The smallest absolute Gasteiger partial charge is 0.187 e. The minimum absolute atomic E-state index is 0.0505. The van der Waals surface area contributed by atoms with Gasteiger partial charge in [0.05, 0.1) is 72.7 Å². The third kappa shape index (κ3) is 13.6. The van der Waals surface area contributed by atoms with E-state index in [4.69, 9.17) is 58.0 Å². The summed E-state index contributed by atoms with van der Waals surface area (Å²) in [6, 6.07) is 0. The first-order chi connectivity index (χ1) is 24.1. The van der Waals surface area contributed by atoms with Crippen LogP contribution in [0.25, 0.3) is 0 Å². The van der Waals surface area contributed by atoms with Crippen LogP contribution in [0.5, 0.6) is 0 Å². The fraction of sp³-hybridized carbons (Fsp3) is 1.00. The van der Waals surface area contributed by atoms with Gasteiger partial charge in [-0.05, 0) is 0 Å². The van der Waals surface area contributed by atoms with Crippen molar-refractivity contribution in [3.05, 3.63) is 0 Å². The van der Waals surface area contributed by atoms with E-state index in [2.05, 4.69) is 0 Å². The van der Waals surface area contributed by atoms with Crippen LogP contribution < -0.4 is 0 Å². The summed E-state index contributed by atoms with van der Waals surface area (Å²) >= 11 is 0. The van der Waals surface area contributed by atoms with E-state index < -0.39 is 105 Å². The number of rotatable bonds is 19. The van der Waals surface area contributed by atoms with Crippen molar-refractivity contribution < 1.29 is 98.8 Å². The van der Waals surface area contributed by atoms with Gasteiger partial charge in [-0.25, -0.2) is 0 Å². The standard InChI is InChI=1S/C26H48O20.2C2H6/c27-1-4-38-7-8-40-10-13-15(31)16(32)18(34)25(43-13)46-22-14(11-39-5-2-28)44-26(19(35)17(22)33)45-21-12(9-30)42-24(37)23(20(21)36)41-6-3-29;2*1-2/h12-37H,1-11H2;2*1-2H3. The number of ether oxygens (including phenoxy) is 9. The van der Waals surface area contributed by atoms with Gasteiger partial charge < -0.3 is 98.8 Å². The van der Waals surface area contributed by atoms with Gasteiger partial charge in [0.25, 0.3) is 0 Å². The zero-order valence-corrected chi connectivity index (χ0v) is 29.0. The summed E-state index contributed by atoms with van der Waals surface area (Å²) in [4.78, 5) is 0. The number of aliphatic hydroxyl groups excluding tert-OH is 11. The third-order valence-corrected chi connectivity index (χ3v) is 7.52. The first kappa shape index (κ1) is 47.2. The second kappa shape index (κ2) is 26.1. The molecule has 3 heterocycles. The van der Waals surface area contributed by atoms with E-state index in [9.17, 15) is 40.9 Å². The van der Waals surface area contributed by atoms with Crippen molar-refractivity contribution in [2.45, 2.75) is 120 Å². The maximum atomic E-state index is 11.1. The van der Waals surface area contributed by atoms with E-state index in [0.29, 0.717) is 0 Å². The summed E-state index contributed by atoms with van der Waals surface area (Å²) in [6.45, 7) is 5.41. The van der Waals surface area contributed by atoms with E-state index in [-0.39, 0.29) is 59.5 Å². The summed E-state index contributed by atoms with van der Waals surface area (Å²) < 4.78 is 49.3. The highest BCUT2D eigenvalue weighted by atomic mass is 16.8. The summed E-state index contributed by atoms with van der Waals surface area (Å²) in [7, 11) is 0. The Bertz CT molecular complexity index is 831. The predicted molar refractivity (Wildman–Crippen MR) is 167 cm³/mol. The van der Waals surface area contributed by atoms with Crippen molar-refractivity contribution in [2.75, 3.05) is 72.7 Å². The fourth-order valence-electron chi connectivity index (χ4n) is 5.14. The molecule has 20 heteroatoms. The molecule has 11 N–H and O–H groups in total. The fourth-order valence-corrected chi connectivity index (χ4v) is 5.14. The Morgan fingerprint density at radius 3 is 1.50 bits per heavy atom. The molecule has 3 rings (SSSR count). The van der Waals surface area contributed by atoms with Crippen LogP contribution in [0, 0.1) is 0 Å². The Hall–Kier alpha value is -0.800. The molecule has 0 spiro atoms. The van der Waals surface area contributed by atoms with Crippen molar-refractivity contribution in [2.24, 2.45) is 0 Å². The average molecular weight is 741 g/mol. The molecular formula is C30H60O20. The van der Waals surface area contributed by atoms with Crippen molar-refractivity contribution in [3.63, 3.8) is 0 Å². The van der Waals surface area contributed by atoms with Crippen molar-refractivity contribution in [1.29, 1.82) is 0 Å². The molecule has 3 aliphatic heterocycles. The SMILES string of the molecule is CC.CC.OCCOCCOCC1OC(OC2C(COCCO)OC(OC3C(CO)OC(O)C(OCCO)C3O)C(O)C2O)C(O)C(O)C1O. The minimum Gasteiger partial charge on any atom is -0.394 e. The summed E-state index contributed by atoms with van der Waals surface area (Å²) in [6.07, 6.45) is -24.1. The van der Waals surface area contributed by atoms with E-state index >= 15 is 0 Å². The molecule has 0 radical (unpaired) electrons. The van der Waals surface area contributed by atoms with Crippen LogP contribution in [0.4, 0.5) is 0 Å². The Balaban J connectivity index is 0.00000301. The second-order valence-electron chi connectivity index (χ2n) is 10.7. The molecule has 3 fully saturated rings. The first-order valence-corrected chi connectivity index (χ1v) is 16.9. The van der Waals surface area contributed by atoms with Crippen LogP contribution in [0.15, 0.2) is 0 Å². The van der Waals surface area contributed by atoms with Gasteiger partial charge in [-0.3, -0.25) is 0 Å². The maximum Gasteiger partial charge on any atom is 0.187 e. The van der Waals surface area contributed by atoms with Crippen LogP contribution in [0.3, 0.4) is 0 Å². The quantitative estimate of drug-likeness (QED) is 0.0551. The topological polar surface area (TPSA) is 306 Å². The Morgan fingerprint density at radius 1 is 0.440 bits per heavy atom. The molecule has 3 aliphatic rings. The summed E-state index contributed by atoms with van der Waals surface area (Å²) in [5.41, 5.74) is 0. The van der Waals surface area contributed by atoms with E-state index in [0.717, 1.165) is 0 Å². The lowest BCUT2D eigenvalue weighted by molar-refractivity contribution is -0.380. The highest BCUT2D eigenvalue weighted by molar-refractivity contribution is 4.96. The molecule has 15 unspecified atom stereocenters. The van der Waals surface area contributed by atoms with E-state index in [1.165, 1.54) is 0 Å². The summed E-state index contributed by atoms with van der Waals surface area (Å²) in [5, 5.41) is 111. The molecule has 50 heavy (non-hydrogen) atoms. The van der Waals surface area contributed by atoms with Gasteiger partial charge in [-0.15, -0.1) is 0 Å². The van der Waals surface area contributed by atoms with E-state index in [1.807, 2.05) is 27.7 Å². The molecule has 300 valence electrons. The molecular weight excluding hydrogens is 680 g/mol. The van der Waals surface area contributed by atoms with Gasteiger partial charge >= 0.3 is 0 Å². The molecule has 0 bridgehead atoms. The lowest BCUT2D eigenvalue weighted by atomic mass is 9.96. The zero-order chi connectivity index (χ0) is 37.8. The van der Waals surface area contributed by atoms with Gasteiger partial charge in [-0.2, -0.15) is 0 Å². The Labute approximate surface area is 291 Å². The molecule has 0 aromatic heterocycles. The van der Waals surface area contributed by atoms with Crippen LogP contribution in [-0.4, -0.2) is 221 Å². The van der Waals surface area contributed by atoms with Crippen molar-refractivity contribution in [1.82, 2.24) is 0 Å². The highest BCUT2D eigenvalue weighted by Gasteiger charge is 2.53. The molecule has 0 aliphatic carbocycles. The molecule has 0 aromatic rings. The zero-order valence-electron chi connectivity index (χ0n) is 29.0. The van der Waals surface area contributed by atoms with Crippen molar-refractivity contribution in [3.8, 4) is 0 Å². The largest absolute Gasteiger partial charge is 0.394 e. The van der Waals surface area contributed by atoms with Gasteiger partial charge in [0, 0.05) is 0 Å². The maximum absolute atomic E-state index is 11.1. The molecule has 20 nitrogen and oxygen atoms in total. The van der Waals surface area contributed by atoms with Crippen LogP contribution in [0.2, 0.25) is 0 Å². The van der Waals surface area contributed by atoms with Gasteiger partial charge in [0.15, 0.2) is 18.9 Å². The number of aliphatic hydroxyl groups is 11. The normalized spacial score (nSPS) is 38.8. The molecule has 0 amide bonds. The first-order valence-electron chi connectivity index (χ1n) is 16.9. The minimum atomic E-state index is -1.91. The highest BCUT2D eigenvalue weighted by Crippen LogP contribution is 2.33. The lowest BCUT2D eigenvalue weighted by Gasteiger charge is -2.48. The average Bonchev–Trinajstić information content (AvgIpc) is 3.13. The molecule has 3 saturated heterocycles. The molecule has 0 aromatic carbocycles. The second-order valence-corrected chi connectivity index (χ2v) is 10.7. The summed E-state index contributed by atoms with van der Waals surface area (Å²) in [5.74, 6) is 0. The van der Waals surface area contributed by atoms with Crippen molar-refractivity contribution >= 4 is 0 Å². The van der Waals surface area contributed by atoms with Gasteiger partial charge in [0.1, 0.15) is 73.2 Å². The van der Waals surface area contributed by atoms with Gasteiger partial charge in [-0.1, -0.05) is 27.7 Å². The Morgan fingerprint density at radius 2 is 0.920 bits per heavy atom. The molecule has 15 atom stereocenters. The lowest BCUT2D eigenvalue weighted by Crippen LogP contribution is -2.66. The van der Waals surface area contributed by atoms with Crippen LogP contribution in [-0.2, 0) is 42.6 Å². The van der Waals surface area contributed by atoms with Gasteiger partial charge in [0.2, 0.25) is 0 Å². The van der Waals surface area contributed by atoms with Crippen LogP contribution in [0.1, 0.15) is 27.7 Å². The number of hydrogen-bond acceptors (Lipinski definition) is 20. The van der Waals surface area contributed by atoms with Crippen LogP contribution >= 0.6 is 0 Å². The predicted octanol–water partition coefficient (Wildman–Crippen LogP) is -5.45. The number of hydrogen-bond donors (Lipinski definition) is 11.